The fourth-order valence-corrected chi connectivity index (χ4v) is 1.31. The van der Waals surface area contributed by atoms with Gasteiger partial charge in [-0.1, -0.05) is 0 Å². The van der Waals surface area contributed by atoms with Gasteiger partial charge in [-0.2, -0.15) is 14.6 Å². The number of rotatable bonds is 0. The fraction of sp³-hybridized carbons (Fsp3) is 0.286. The smallest absolute Gasteiger partial charge is 0.324 e. The van der Waals surface area contributed by atoms with Gasteiger partial charge in [0.15, 0.2) is 0 Å². The fourth-order valence-electron chi connectivity index (χ4n) is 1.31. The minimum absolute atomic E-state index is 0.119. The molecule has 8 heteroatoms. The van der Waals surface area contributed by atoms with Gasteiger partial charge in [0.1, 0.15) is 0 Å². The summed E-state index contributed by atoms with van der Waals surface area (Å²) in [7, 11) is 1.57. The van der Waals surface area contributed by atoms with E-state index >= 15 is 0 Å². The van der Waals surface area contributed by atoms with E-state index in [0.29, 0.717) is 4.73 Å². The van der Waals surface area contributed by atoms with Crippen LogP contribution in [0.4, 0.5) is 5.95 Å². The van der Waals surface area contributed by atoms with Crippen molar-refractivity contribution in [2.75, 3.05) is 5.73 Å². The van der Waals surface area contributed by atoms with Crippen LogP contribution >= 0.6 is 0 Å². The van der Waals surface area contributed by atoms with Gasteiger partial charge >= 0.3 is 11.4 Å². The van der Waals surface area contributed by atoms with Gasteiger partial charge < -0.3 is 10.9 Å². The van der Waals surface area contributed by atoms with Gasteiger partial charge in [-0.25, -0.2) is 4.73 Å². The topological polar surface area (TPSA) is 114 Å². The summed E-state index contributed by atoms with van der Waals surface area (Å²) in [6.07, 6.45) is 0. The van der Waals surface area contributed by atoms with Crippen LogP contribution in [0.5, 0.6) is 0 Å². The maximum Gasteiger partial charge on any atom is 0.324 e. The Bertz CT molecular complexity index is 563. The molecule has 0 aromatic heterocycles. The summed E-state index contributed by atoms with van der Waals surface area (Å²) < 4.78 is 1.72. The molecule has 2 aliphatic heterocycles. The number of aromatic nitrogens is 5. The van der Waals surface area contributed by atoms with Crippen molar-refractivity contribution in [1.29, 1.82) is 0 Å². The molecule has 0 saturated heterocycles. The SMILES string of the molecule is Cc1nn(C)c2nc(N)nc(=O)c-2[n+]1[O-]. The Balaban J connectivity index is 3.01. The van der Waals surface area contributed by atoms with E-state index < -0.39 is 5.56 Å². The molecule has 15 heavy (non-hydrogen) atoms. The van der Waals surface area contributed by atoms with Crippen LogP contribution < -0.4 is 16.0 Å². The summed E-state index contributed by atoms with van der Waals surface area (Å²) in [4.78, 5) is 18.6. The van der Waals surface area contributed by atoms with E-state index in [2.05, 4.69) is 15.1 Å². The van der Waals surface area contributed by atoms with Gasteiger partial charge in [-0.3, -0.25) is 4.79 Å². The van der Waals surface area contributed by atoms with Gasteiger partial charge in [0.05, 0.1) is 12.1 Å². The highest BCUT2D eigenvalue weighted by Gasteiger charge is 2.23. The highest BCUT2D eigenvalue weighted by atomic mass is 16.5. The maximum absolute atomic E-state index is 11.5. The molecule has 0 aromatic carbocycles. The zero-order valence-corrected chi connectivity index (χ0v) is 8.13. The predicted octanol–water partition coefficient (Wildman–Crippen LogP) is -1.80. The summed E-state index contributed by atoms with van der Waals surface area (Å²) in [5.41, 5.74) is 4.45. The van der Waals surface area contributed by atoms with Crippen molar-refractivity contribution in [3.8, 4) is 11.5 Å². The van der Waals surface area contributed by atoms with Crippen LogP contribution in [-0.2, 0) is 7.05 Å². The third kappa shape index (κ3) is 1.26. The number of anilines is 1. The quantitative estimate of drug-likeness (QED) is 0.403. The molecule has 2 rings (SSSR count). The standard InChI is InChI=1S/C7H8N6O2/c1-3-11-12(2)5-4(13(3)15)6(14)10-7(8)9-5/h1-2H3,(H2,8,10,14). The number of hydrogen-bond donors (Lipinski definition) is 1. The van der Waals surface area contributed by atoms with E-state index in [-0.39, 0.29) is 23.3 Å². The van der Waals surface area contributed by atoms with E-state index in [1.54, 1.807) is 7.05 Å². The Morgan fingerprint density at radius 3 is 2.80 bits per heavy atom. The lowest BCUT2D eigenvalue weighted by Gasteiger charge is -2.11. The highest BCUT2D eigenvalue weighted by Crippen LogP contribution is 2.08. The maximum atomic E-state index is 11.5. The van der Waals surface area contributed by atoms with Gasteiger partial charge in [0.2, 0.25) is 17.5 Å². The number of nitrogens with zero attached hydrogens (tertiary/aromatic N) is 5. The predicted molar refractivity (Wildman–Crippen MR) is 49.8 cm³/mol. The Kier molecular flexibility index (Phi) is 1.78. The lowest BCUT2D eigenvalue weighted by molar-refractivity contribution is -0.607. The lowest BCUT2D eigenvalue weighted by Crippen LogP contribution is -2.43. The summed E-state index contributed by atoms with van der Waals surface area (Å²) >= 11 is 0. The Labute approximate surface area is 83.9 Å². The van der Waals surface area contributed by atoms with E-state index in [1.807, 2.05) is 0 Å². The van der Waals surface area contributed by atoms with Gasteiger partial charge in [-0.05, 0) is 0 Å². The number of nitrogen functional groups attached to an aromatic ring is 1. The number of hydrogen-bond acceptors (Lipinski definition) is 6. The number of nitrogens with two attached hydrogens (primary N) is 1. The molecule has 2 N–H and O–H groups in total. The third-order valence-electron chi connectivity index (χ3n) is 1.95. The molecule has 2 heterocycles. The summed E-state index contributed by atoms with van der Waals surface area (Å²) in [6, 6.07) is 0. The number of aryl methyl sites for hydroxylation is 2. The molecule has 0 bridgehead atoms. The monoisotopic (exact) mass is 208 g/mol. The zero-order valence-electron chi connectivity index (χ0n) is 8.13. The largest absolute Gasteiger partial charge is 0.710 e. The lowest BCUT2D eigenvalue weighted by atomic mass is 10.4. The molecule has 2 aliphatic rings. The minimum Gasteiger partial charge on any atom is -0.710 e. The van der Waals surface area contributed by atoms with Gasteiger partial charge in [0, 0.05) is 6.92 Å². The Hall–Kier alpha value is -2.25. The normalized spacial score (nSPS) is 10.8. The zero-order chi connectivity index (χ0) is 11.2. The van der Waals surface area contributed by atoms with Crippen LogP contribution in [0, 0.1) is 12.1 Å². The second-order valence-corrected chi connectivity index (χ2v) is 3.02. The van der Waals surface area contributed by atoms with E-state index in [4.69, 9.17) is 5.73 Å². The second kappa shape index (κ2) is 2.87. The Morgan fingerprint density at radius 2 is 2.13 bits per heavy atom. The molecule has 0 aliphatic carbocycles. The molecule has 0 saturated carbocycles. The van der Waals surface area contributed by atoms with Crippen LogP contribution in [0.25, 0.3) is 11.5 Å². The molecule has 0 radical (unpaired) electrons. The van der Waals surface area contributed by atoms with Crippen molar-refractivity contribution in [1.82, 2.24) is 19.7 Å². The average Bonchev–Trinajstić information content (AvgIpc) is 2.13. The van der Waals surface area contributed by atoms with Crippen molar-refractivity contribution >= 4 is 5.95 Å². The van der Waals surface area contributed by atoms with Crippen LogP contribution in [0.15, 0.2) is 4.79 Å². The van der Waals surface area contributed by atoms with E-state index in [0.717, 1.165) is 0 Å². The first kappa shape index (κ1) is 9.31. The van der Waals surface area contributed by atoms with Crippen LogP contribution in [-0.4, -0.2) is 19.7 Å². The van der Waals surface area contributed by atoms with Crippen molar-refractivity contribution in [3.05, 3.63) is 21.4 Å². The molecule has 0 aromatic rings. The van der Waals surface area contributed by atoms with Crippen LogP contribution in [0.1, 0.15) is 5.82 Å². The van der Waals surface area contributed by atoms with Crippen molar-refractivity contribution in [2.24, 2.45) is 7.05 Å². The van der Waals surface area contributed by atoms with Gasteiger partial charge in [-0.15, -0.1) is 0 Å². The van der Waals surface area contributed by atoms with Crippen LogP contribution in [0.2, 0.25) is 0 Å². The summed E-state index contributed by atoms with van der Waals surface area (Å²) in [6.45, 7) is 1.49. The molecule has 0 unspecified atom stereocenters. The van der Waals surface area contributed by atoms with Gasteiger partial charge in [0.25, 0.3) is 0 Å². The van der Waals surface area contributed by atoms with E-state index in [9.17, 15) is 10.0 Å². The first-order valence-corrected chi connectivity index (χ1v) is 4.11. The molecule has 0 fully saturated rings. The van der Waals surface area contributed by atoms with Crippen molar-refractivity contribution in [2.45, 2.75) is 6.92 Å². The summed E-state index contributed by atoms with van der Waals surface area (Å²) in [5.74, 6) is 0.0947. The summed E-state index contributed by atoms with van der Waals surface area (Å²) in [5, 5.41) is 15.4. The first-order chi connectivity index (χ1) is 7.00. The molecule has 78 valence electrons. The molecule has 8 nitrogen and oxygen atoms in total. The van der Waals surface area contributed by atoms with Crippen LogP contribution in [0.3, 0.4) is 0 Å². The molecule has 0 amide bonds. The van der Waals surface area contributed by atoms with Crippen molar-refractivity contribution < 1.29 is 4.73 Å². The molecule has 0 atom stereocenters. The second-order valence-electron chi connectivity index (χ2n) is 3.02. The first-order valence-electron chi connectivity index (χ1n) is 4.11. The molecular formula is C7H8N6O2. The highest BCUT2D eigenvalue weighted by molar-refractivity contribution is 5.46. The average molecular weight is 208 g/mol. The van der Waals surface area contributed by atoms with E-state index in [1.165, 1.54) is 11.6 Å². The minimum atomic E-state index is -0.700. The number of fused-ring (bicyclic) bond motifs is 1. The third-order valence-corrected chi connectivity index (χ3v) is 1.95. The Morgan fingerprint density at radius 1 is 1.47 bits per heavy atom. The molecular weight excluding hydrogens is 200 g/mol. The molecule has 0 spiro atoms. The van der Waals surface area contributed by atoms with Crippen molar-refractivity contribution in [3.63, 3.8) is 0 Å².